The molecule has 7 heteroatoms. The van der Waals surface area contributed by atoms with Crippen LogP contribution in [0.2, 0.25) is 0 Å². The molecule has 0 heterocycles. The monoisotopic (exact) mass is 292 g/mol. The summed E-state index contributed by atoms with van der Waals surface area (Å²) in [6.45, 7) is 0.00322. The zero-order valence-electron chi connectivity index (χ0n) is 9.44. The number of nitrogens with zero attached hydrogens (tertiary/aromatic N) is 2. The summed E-state index contributed by atoms with van der Waals surface area (Å²) < 4.78 is 36.5. The Morgan fingerprint density at radius 2 is 1.83 bits per heavy atom. The summed E-state index contributed by atoms with van der Waals surface area (Å²) in [6, 6.07) is 6.63. The largest absolute Gasteiger partial charge is 0.416 e. The average molecular weight is 292 g/mol. The fourth-order valence-corrected chi connectivity index (χ4v) is 1.76. The highest BCUT2D eigenvalue weighted by atomic mass is 32.2. The van der Waals surface area contributed by atoms with Gasteiger partial charge in [-0.25, -0.2) is 0 Å². The van der Waals surface area contributed by atoms with Gasteiger partial charge in [0.1, 0.15) is 4.20 Å². The molecule has 0 spiro atoms. The fraction of sp³-hybridized carbons (Fsp3) is 0.364. The van der Waals surface area contributed by atoms with Gasteiger partial charge < -0.3 is 0 Å². The second-order valence-electron chi connectivity index (χ2n) is 3.73. The Labute approximate surface area is 114 Å². The fourth-order valence-electron chi connectivity index (χ4n) is 1.34. The van der Waals surface area contributed by atoms with Gasteiger partial charge in [0.25, 0.3) is 0 Å². The normalized spacial score (nSPS) is 12.6. The van der Waals surface area contributed by atoms with E-state index < -0.39 is 15.9 Å². The van der Waals surface area contributed by atoms with E-state index in [1.165, 1.54) is 17.0 Å². The Morgan fingerprint density at radius 3 is 2.33 bits per heavy atom. The molecule has 0 radical (unpaired) electrons. The molecule has 0 aliphatic heterocycles. The Bertz CT molecular complexity index is 466. The molecule has 2 nitrogen and oxygen atoms in total. The van der Waals surface area contributed by atoms with Gasteiger partial charge in [-0.15, -0.1) is 25.3 Å². The molecule has 98 valence electrons. The van der Waals surface area contributed by atoms with Crippen LogP contribution in [0.4, 0.5) is 13.2 Å². The molecular formula is C11H11F3N2S2. The quantitative estimate of drug-likeness (QED) is 0.509. The highest BCUT2D eigenvalue weighted by Crippen LogP contribution is 2.38. The predicted octanol–water partition coefficient (Wildman–Crippen LogP) is 3.13. The predicted molar refractivity (Wildman–Crippen MR) is 69.3 cm³/mol. The molecule has 1 rings (SSSR count). The van der Waals surface area contributed by atoms with Crippen LogP contribution in [0.3, 0.4) is 0 Å². The minimum Gasteiger partial charge on any atom is -0.267 e. The summed E-state index contributed by atoms with van der Waals surface area (Å²) in [5, 5.41) is 8.59. The summed E-state index contributed by atoms with van der Waals surface area (Å²) in [6.07, 6.45) is -4.42. The molecule has 0 aromatic heterocycles. The van der Waals surface area contributed by atoms with E-state index in [2.05, 4.69) is 25.3 Å². The average Bonchev–Trinajstić information content (AvgIpc) is 2.28. The Hall–Kier alpha value is -0.840. The summed E-state index contributed by atoms with van der Waals surface area (Å²) >= 11 is 8.44. The van der Waals surface area contributed by atoms with Crippen LogP contribution in [-0.2, 0) is 10.4 Å². The van der Waals surface area contributed by atoms with Gasteiger partial charge >= 0.3 is 6.18 Å². The Balaban J connectivity index is 3.14. The van der Waals surface area contributed by atoms with Crippen molar-refractivity contribution in [2.45, 2.75) is 10.4 Å². The van der Waals surface area contributed by atoms with Crippen LogP contribution in [0.25, 0.3) is 0 Å². The van der Waals surface area contributed by atoms with Gasteiger partial charge in [-0.1, -0.05) is 12.1 Å². The highest BCUT2D eigenvalue weighted by Gasteiger charge is 2.34. The van der Waals surface area contributed by atoms with E-state index in [1.54, 1.807) is 7.05 Å². The van der Waals surface area contributed by atoms with Crippen LogP contribution < -0.4 is 0 Å². The number of nitriles is 1. The third kappa shape index (κ3) is 3.34. The standard InChI is InChI=1S/C11H11F3N2S2/c1-16(6-5-15)11(17,18)9-4-2-3-8(7-9)10(12,13)14/h2-4,7,17-18H,6H2,1H3. The van der Waals surface area contributed by atoms with Crippen LogP contribution in [0.15, 0.2) is 24.3 Å². The first-order chi connectivity index (χ1) is 8.19. The Morgan fingerprint density at radius 1 is 1.28 bits per heavy atom. The van der Waals surface area contributed by atoms with E-state index in [4.69, 9.17) is 5.26 Å². The Kier molecular flexibility index (Phi) is 4.59. The van der Waals surface area contributed by atoms with E-state index in [0.29, 0.717) is 0 Å². The maximum Gasteiger partial charge on any atom is 0.416 e. The third-order valence-corrected chi connectivity index (χ3v) is 3.62. The summed E-state index contributed by atoms with van der Waals surface area (Å²) in [7, 11) is 1.56. The lowest BCUT2D eigenvalue weighted by molar-refractivity contribution is -0.137. The molecule has 0 saturated heterocycles. The molecular weight excluding hydrogens is 281 g/mol. The second kappa shape index (κ2) is 5.43. The van der Waals surface area contributed by atoms with Crippen molar-refractivity contribution >= 4 is 25.3 Å². The van der Waals surface area contributed by atoms with Gasteiger partial charge in [0, 0.05) is 0 Å². The molecule has 0 aliphatic carbocycles. The summed E-state index contributed by atoms with van der Waals surface area (Å²) in [4.78, 5) is 1.44. The lowest BCUT2D eigenvalue weighted by atomic mass is 10.1. The van der Waals surface area contributed by atoms with Crippen molar-refractivity contribution in [3.05, 3.63) is 35.4 Å². The molecule has 0 atom stereocenters. The van der Waals surface area contributed by atoms with E-state index in [0.717, 1.165) is 12.1 Å². The second-order valence-corrected chi connectivity index (χ2v) is 5.38. The zero-order valence-corrected chi connectivity index (χ0v) is 11.2. The lowest BCUT2D eigenvalue weighted by Gasteiger charge is -2.32. The van der Waals surface area contributed by atoms with Gasteiger partial charge in [-0.2, -0.15) is 18.4 Å². The number of hydrogen-bond donors (Lipinski definition) is 2. The van der Waals surface area contributed by atoms with Crippen molar-refractivity contribution in [1.29, 1.82) is 5.26 Å². The van der Waals surface area contributed by atoms with E-state index in [9.17, 15) is 13.2 Å². The van der Waals surface area contributed by atoms with Crippen LogP contribution >= 0.6 is 25.3 Å². The minimum absolute atomic E-state index is 0.00322. The van der Waals surface area contributed by atoms with Crippen LogP contribution in [0, 0.1) is 11.3 Å². The highest BCUT2D eigenvalue weighted by molar-refractivity contribution is 7.99. The molecule has 18 heavy (non-hydrogen) atoms. The summed E-state index contributed by atoms with van der Waals surface area (Å²) in [5.41, 5.74) is -0.500. The van der Waals surface area contributed by atoms with E-state index in [1.807, 2.05) is 6.07 Å². The van der Waals surface area contributed by atoms with E-state index in [-0.39, 0.29) is 12.1 Å². The lowest BCUT2D eigenvalue weighted by Crippen LogP contribution is -2.34. The first-order valence-corrected chi connectivity index (χ1v) is 5.79. The maximum absolute atomic E-state index is 12.6. The third-order valence-electron chi connectivity index (χ3n) is 2.42. The van der Waals surface area contributed by atoms with Gasteiger partial charge in [0.2, 0.25) is 0 Å². The molecule has 0 amide bonds. The molecule has 0 bridgehead atoms. The molecule has 1 aromatic rings. The first kappa shape index (κ1) is 15.2. The van der Waals surface area contributed by atoms with Crippen molar-refractivity contribution in [3.8, 4) is 6.07 Å². The topological polar surface area (TPSA) is 27.0 Å². The van der Waals surface area contributed by atoms with Crippen molar-refractivity contribution in [1.82, 2.24) is 4.90 Å². The molecule has 0 unspecified atom stereocenters. The molecule has 0 fully saturated rings. The molecule has 0 N–H and O–H groups in total. The first-order valence-electron chi connectivity index (χ1n) is 4.90. The van der Waals surface area contributed by atoms with Gasteiger partial charge in [-0.3, -0.25) is 4.90 Å². The van der Waals surface area contributed by atoms with Gasteiger partial charge in [-0.05, 0) is 24.7 Å². The maximum atomic E-state index is 12.6. The number of thiol groups is 2. The van der Waals surface area contributed by atoms with Crippen LogP contribution in [0.5, 0.6) is 0 Å². The van der Waals surface area contributed by atoms with E-state index >= 15 is 0 Å². The minimum atomic E-state index is -4.42. The molecule has 0 saturated carbocycles. The van der Waals surface area contributed by atoms with Crippen molar-refractivity contribution in [2.24, 2.45) is 0 Å². The molecule has 1 aromatic carbocycles. The smallest absolute Gasteiger partial charge is 0.267 e. The van der Waals surface area contributed by atoms with Crippen molar-refractivity contribution in [3.63, 3.8) is 0 Å². The number of hydrogen-bond acceptors (Lipinski definition) is 4. The van der Waals surface area contributed by atoms with Gasteiger partial charge in [0.15, 0.2) is 0 Å². The van der Waals surface area contributed by atoms with Gasteiger partial charge in [0.05, 0.1) is 18.2 Å². The van der Waals surface area contributed by atoms with Crippen molar-refractivity contribution < 1.29 is 13.2 Å². The summed E-state index contributed by atoms with van der Waals surface area (Å²) in [5.74, 6) is 0. The zero-order chi connectivity index (χ0) is 14.0. The number of benzene rings is 1. The number of alkyl halides is 3. The SMILES string of the molecule is CN(CC#N)C(S)(S)c1cccc(C(F)(F)F)c1. The number of rotatable bonds is 3. The van der Waals surface area contributed by atoms with Crippen LogP contribution in [-0.4, -0.2) is 18.5 Å². The molecule has 0 aliphatic rings. The number of halogens is 3. The van der Waals surface area contributed by atoms with Crippen molar-refractivity contribution in [2.75, 3.05) is 13.6 Å². The van der Waals surface area contributed by atoms with Crippen LogP contribution in [0.1, 0.15) is 11.1 Å².